The molecule has 8 heteroatoms. The van der Waals surface area contributed by atoms with E-state index in [0.29, 0.717) is 37.8 Å². The van der Waals surface area contributed by atoms with Crippen molar-refractivity contribution in [3.05, 3.63) is 11.8 Å². The summed E-state index contributed by atoms with van der Waals surface area (Å²) in [6.07, 6.45) is 1.91. The van der Waals surface area contributed by atoms with Gasteiger partial charge in [0.25, 0.3) is 0 Å². The highest BCUT2D eigenvalue weighted by Gasteiger charge is 2.32. The number of carbonyl (C=O) groups excluding carboxylic acids is 2. The fourth-order valence-corrected chi connectivity index (χ4v) is 3.60. The van der Waals surface area contributed by atoms with Crippen molar-refractivity contribution < 1.29 is 14.3 Å². The van der Waals surface area contributed by atoms with Gasteiger partial charge in [0.1, 0.15) is 5.60 Å². The minimum absolute atomic E-state index is 0.0674. The van der Waals surface area contributed by atoms with E-state index in [1.807, 2.05) is 26.8 Å². The Labute approximate surface area is 153 Å². The zero-order valence-corrected chi connectivity index (χ0v) is 15.9. The van der Waals surface area contributed by atoms with Crippen LogP contribution in [0.4, 0.5) is 10.6 Å². The smallest absolute Gasteiger partial charge is 0.410 e. The summed E-state index contributed by atoms with van der Waals surface area (Å²) >= 11 is 4.38. The van der Waals surface area contributed by atoms with Crippen LogP contribution in [0.5, 0.6) is 0 Å². The zero-order valence-electron chi connectivity index (χ0n) is 15.0. The van der Waals surface area contributed by atoms with Crippen molar-refractivity contribution in [3.63, 3.8) is 0 Å². The van der Waals surface area contributed by atoms with Crippen LogP contribution in [-0.4, -0.2) is 57.6 Å². The number of piperidine rings is 1. The summed E-state index contributed by atoms with van der Waals surface area (Å²) in [5.41, 5.74) is 0.550. The molecule has 0 radical (unpaired) electrons. The number of amides is 2. The lowest BCUT2D eigenvalue weighted by Crippen LogP contribution is -2.41. The van der Waals surface area contributed by atoms with Gasteiger partial charge in [0, 0.05) is 49.0 Å². The molecule has 0 aliphatic carbocycles. The Kier molecular flexibility index (Phi) is 4.99. The molecule has 2 fully saturated rings. The maximum absolute atomic E-state index is 12.1. The molecule has 1 atom stereocenters. The number of rotatable bonds is 2. The van der Waals surface area contributed by atoms with Gasteiger partial charge in [0.05, 0.1) is 0 Å². The first-order chi connectivity index (χ1) is 11.7. The van der Waals surface area contributed by atoms with Crippen molar-refractivity contribution in [1.82, 2.24) is 15.1 Å². The molecule has 0 aromatic carbocycles. The van der Waals surface area contributed by atoms with E-state index in [0.717, 1.165) is 18.5 Å². The van der Waals surface area contributed by atoms with Gasteiger partial charge in [-0.05, 0) is 33.6 Å². The minimum Gasteiger partial charge on any atom is -0.444 e. The largest absolute Gasteiger partial charge is 0.444 e. The third-order valence-corrected chi connectivity index (χ3v) is 4.90. The Morgan fingerprint density at radius 3 is 2.60 bits per heavy atom. The molecule has 7 nitrogen and oxygen atoms in total. The van der Waals surface area contributed by atoms with Crippen molar-refractivity contribution >= 4 is 30.4 Å². The molecule has 0 saturated carbocycles. The van der Waals surface area contributed by atoms with Gasteiger partial charge in [0.15, 0.2) is 5.82 Å². The maximum atomic E-state index is 12.1. The molecule has 25 heavy (non-hydrogen) atoms. The number of nitrogens with zero attached hydrogens (tertiary/aromatic N) is 3. The van der Waals surface area contributed by atoms with Crippen LogP contribution in [0.2, 0.25) is 0 Å². The molecule has 2 saturated heterocycles. The van der Waals surface area contributed by atoms with Crippen LogP contribution in [0.25, 0.3) is 0 Å². The Balaban J connectivity index is 1.57. The first-order valence-electron chi connectivity index (χ1n) is 8.74. The van der Waals surface area contributed by atoms with Gasteiger partial charge in [-0.15, -0.1) is 0 Å². The van der Waals surface area contributed by atoms with E-state index in [2.05, 4.69) is 22.8 Å². The van der Waals surface area contributed by atoms with Crippen molar-refractivity contribution in [2.45, 2.75) is 56.8 Å². The molecule has 1 aromatic heterocycles. The Morgan fingerprint density at radius 1 is 1.36 bits per heavy atom. The predicted molar refractivity (Wildman–Crippen MR) is 98.1 cm³/mol. The highest BCUT2D eigenvalue weighted by atomic mass is 32.1. The maximum Gasteiger partial charge on any atom is 0.410 e. The standard InChI is InChI=1S/C17H26N4O3S/c1-17(2,3)24-16(23)20-6-4-11(5-7-20)13-9-14(19-18-13)21-10-12(25)8-15(21)22/h9,11-12,25H,4-8,10H2,1-3H3,(H,18,19). The number of hydrogen-bond donors (Lipinski definition) is 2. The van der Waals surface area contributed by atoms with E-state index in [9.17, 15) is 9.59 Å². The Morgan fingerprint density at radius 2 is 2.04 bits per heavy atom. The number of ether oxygens (including phenoxy) is 1. The summed E-state index contributed by atoms with van der Waals surface area (Å²) in [5.74, 6) is 1.05. The van der Waals surface area contributed by atoms with E-state index >= 15 is 0 Å². The van der Waals surface area contributed by atoms with Gasteiger partial charge in [-0.25, -0.2) is 4.79 Å². The predicted octanol–water partition coefficient (Wildman–Crippen LogP) is 2.56. The second-order valence-electron chi connectivity index (χ2n) is 7.79. The number of likely N-dealkylation sites (tertiary alicyclic amines) is 1. The van der Waals surface area contributed by atoms with Crippen LogP contribution in [0.15, 0.2) is 6.07 Å². The number of nitrogens with one attached hydrogen (secondary N) is 1. The third kappa shape index (κ3) is 4.29. The fraction of sp³-hybridized carbons (Fsp3) is 0.706. The summed E-state index contributed by atoms with van der Waals surface area (Å²) in [6, 6.07) is 1.96. The molecule has 1 unspecified atom stereocenters. The van der Waals surface area contributed by atoms with E-state index in [1.165, 1.54) is 0 Å². The molecule has 1 N–H and O–H groups in total. The molecule has 0 spiro atoms. The number of carbonyl (C=O) groups is 2. The van der Waals surface area contributed by atoms with Crippen molar-refractivity contribution in [3.8, 4) is 0 Å². The topological polar surface area (TPSA) is 78.5 Å². The van der Waals surface area contributed by atoms with Gasteiger partial charge in [-0.1, -0.05) is 0 Å². The van der Waals surface area contributed by atoms with Gasteiger partial charge < -0.3 is 9.64 Å². The number of aromatic amines is 1. The van der Waals surface area contributed by atoms with Crippen molar-refractivity contribution in [1.29, 1.82) is 0 Å². The monoisotopic (exact) mass is 366 g/mol. The average Bonchev–Trinajstić information content (AvgIpc) is 3.12. The van der Waals surface area contributed by atoms with Crippen LogP contribution in [0.1, 0.15) is 51.6 Å². The summed E-state index contributed by atoms with van der Waals surface area (Å²) in [5, 5.41) is 7.44. The molecular weight excluding hydrogens is 340 g/mol. The number of hydrogen-bond acceptors (Lipinski definition) is 5. The number of aromatic nitrogens is 2. The van der Waals surface area contributed by atoms with Crippen LogP contribution in [0, 0.1) is 0 Å². The second kappa shape index (κ2) is 6.90. The van der Waals surface area contributed by atoms with Gasteiger partial charge >= 0.3 is 6.09 Å². The van der Waals surface area contributed by atoms with Gasteiger partial charge in [-0.2, -0.15) is 17.7 Å². The number of H-pyrrole nitrogens is 1. The van der Waals surface area contributed by atoms with Gasteiger partial charge in [0.2, 0.25) is 5.91 Å². The lowest BCUT2D eigenvalue weighted by atomic mass is 9.94. The summed E-state index contributed by atoms with van der Waals surface area (Å²) in [4.78, 5) is 27.5. The van der Waals surface area contributed by atoms with E-state index in [1.54, 1.807) is 9.80 Å². The van der Waals surface area contributed by atoms with E-state index < -0.39 is 5.60 Å². The van der Waals surface area contributed by atoms with E-state index in [-0.39, 0.29) is 17.3 Å². The highest BCUT2D eigenvalue weighted by Crippen LogP contribution is 2.31. The Hall–Kier alpha value is -1.70. The quantitative estimate of drug-likeness (QED) is 0.789. The number of thiol groups is 1. The molecule has 0 bridgehead atoms. The minimum atomic E-state index is -0.473. The van der Waals surface area contributed by atoms with E-state index in [4.69, 9.17) is 4.74 Å². The first kappa shape index (κ1) is 18.1. The molecule has 3 rings (SSSR count). The van der Waals surface area contributed by atoms with Crippen molar-refractivity contribution in [2.24, 2.45) is 0 Å². The van der Waals surface area contributed by atoms with Crippen LogP contribution < -0.4 is 4.90 Å². The zero-order chi connectivity index (χ0) is 18.2. The lowest BCUT2D eigenvalue weighted by Gasteiger charge is -2.33. The molecular formula is C17H26N4O3S. The average molecular weight is 366 g/mol. The summed E-state index contributed by atoms with van der Waals surface area (Å²) in [7, 11) is 0. The third-order valence-electron chi connectivity index (χ3n) is 4.55. The fourth-order valence-electron chi connectivity index (χ4n) is 3.28. The summed E-state index contributed by atoms with van der Waals surface area (Å²) in [6.45, 7) is 7.55. The molecule has 138 valence electrons. The normalized spacial score (nSPS) is 22.6. The first-order valence-corrected chi connectivity index (χ1v) is 9.26. The molecule has 2 aliphatic heterocycles. The van der Waals surface area contributed by atoms with Crippen LogP contribution in [0.3, 0.4) is 0 Å². The van der Waals surface area contributed by atoms with Crippen LogP contribution >= 0.6 is 12.6 Å². The molecule has 2 amide bonds. The Bertz CT molecular complexity index is 647. The lowest BCUT2D eigenvalue weighted by molar-refractivity contribution is -0.117. The van der Waals surface area contributed by atoms with Crippen LogP contribution in [-0.2, 0) is 9.53 Å². The second-order valence-corrected chi connectivity index (χ2v) is 8.52. The van der Waals surface area contributed by atoms with Gasteiger partial charge in [-0.3, -0.25) is 14.8 Å². The summed E-state index contributed by atoms with van der Waals surface area (Å²) < 4.78 is 5.43. The molecule has 3 heterocycles. The molecule has 2 aliphatic rings. The number of anilines is 1. The van der Waals surface area contributed by atoms with Crippen molar-refractivity contribution in [2.75, 3.05) is 24.5 Å². The highest BCUT2D eigenvalue weighted by molar-refractivity contribution is 7.81. The molecule has 1 aromatic rings. The SMILES string of the molecule is CC(C)(C)OC(=O)N1CCC(c2cc(N3CC(S)CC3=O)n[nH]2)CC1.